The molecule has 0 saturated heterocycles. The molecule has 31 heavy (non-hydrogen) atoms. The number of para-hydroxylation sites is 1. The quantitative estimate of drug-likeness (QED) is 0.369. The van der Waals surface area contributed by atoms with Gasteiger partial charge in [0.15, 0.2) is 0 Å². The van der Waals surface area contributed by atoms with Crippen LogP contribution < -0.4 is 10.1 Å². The molecule has 162 valence electrons. The molecule has 0 saturated carbocycles. The van der Waals surface area contributed by atoms with Gasteiger partial charge in [0.05, 0.1) is 12.2 Å². The van der Waals surface area contributed by atoms with Crippen molar-refractivity contribution in [3.05, 3.63) is 51.4 Å². The molecule has 1 amide bonds. The number of rotatable bonds is 7. The second-order valence-corrected chi connectivity index (χ2v) is 7.78. The number of thiophene rings is 1. The monoisotopic (exact) mass is 446 g/mol. The fraction of sp³-hybridized carbons (Fsp3) is 0.318. The molecule has 9 heteroatoms. The molecule has 1 N–H and O–H groups in total. The molecule has 1 aromatic heterocycles. The molecule has 1 aromatic carbocycles. The van der Waals surface area contributed by atoms with Gasteiger partial charge in [-0.15, -0.1) is 11.3 Å². The van der Waals surface area contributed by atoms with Crippen LogP contribution in [-0.2, 0) is 22.4 Å². The molecular formula is C22H20F2N2O4S. The van der Waals surface area contributed by atoms with Crippen molar-refractivity contribution in [2.45, 2.75) is 39.2 Å². The van der Waals surface area contributed by atoms with Gasteiger partial charge in [0.1, 0.15) is 22.4 Å². The Labute approximate surface area is 182 Å². The number of amides is 1. The maximum Gasteiger partial charge on any atom is 0.387 e. The number of ether oxygens (including phenoxy) is 2. The molecule has 0 fully saturated rings. The highest BCUT2D eigenvalue weighted by molar-refractivity contribution is 7.17. The number of carbonyl (C=O) groups is 2. The van der Waals surface area contributed by atoms with Crippen LogP contribution in [0.3, 0.4) is 0 Å². The van der Waals surface area contributed by atoms with E-state index in [4.69, 9.17) is 4.74 Å². The van der Waals surface area contributed by atoms with Gasteiger partial charge < -0.3 is 14.8 Å². The van der Waals surface area contributed by atoms with E-state index in [9.17, 15) is 23.6 Å². The fourth-order valence-corrected chi connectivity index (χ4v) is 4.62. The topological polar surface area (TPSA) is 88.4 Å². The molecule has 3 rings (SSSR count). The summed E-state index contributed by atoms with van der Waals surface area (Å²) in [5.74, 6) is -1.43. The largest absolute Gasteiger partial charge is 0.462 e. The summed E-state index contributed by atoms with van der Waals surface area (Å²) in [6, 6.07) is 7.63. The highest BCUT2D eigenvalue weighted by Crippen LogP contribution is 2.39. The van der Waals surface area contributed by atoms with Crippen molar-refractivity contribution in [2.75, 3.05) is 11.9 Å². The van der Waals surface area contributed by atoms with Crippen molar-refractivity contribution >= 4 is 34.3 Å². The maximum atomic E-state index is 12.8. The molecule has 1 aliphatic rings. The van der Waals surface area contributed by atoms with E-state index in [1.54, 1.807) is 19.1 Å². The number of nitriles is 1. The van der Waals surface area contributed by atoms with Crippen LogP contribution in [0, 0.1) is 11.3 Å². The molecule has 0 spiro atoms. The zero-order chi connectivity index (χ0) is 22.4. The third-order valence-electron chi connectivity index (χ3n) is 4.68. The Kier molecular flexibility index (Phi) is 7.36. The van der Waals surface area contributed by atoms with E-state index in [1.807, 2.05) is 0 Å². The molecule has 0 unspecified atom stereocenters. The van der Waals surface area contributed by atoms with Gasteiger partial charge >= 0.3 is 12.6 Å². The standard InChI is InChI=1S/C22H20F2N2O4S/c1-2-29-21(28)18-15-8-4-6-10-17(15)31-20(18)26-19(27)14(12-25)11-13-7-3-5-9-16(13)30-22(23)24/h3,5,7,9,11,22H,2,4,6,8,10H2,1H3,(H,26,27)/b14-11+. The molecular weight excluding hydrogens is 426 g/mol. The average Bonchev–Trinajstić information content (AvgIpc) is 3.10. The summed E-state index contributed by atoms with van der Waals surface area (Å²) >= 11 is 1.30. The van der Waals surface area contributed by atoms with Gasteiger partial charge in [-0.1, -0.05) is 18.2 Å². The molecule has 6 nitrogen and oxygen atoms in total. The van der Waals surface area contributed by atoms with Crippen molar-refractivity contribution in [3.63, 3.8) is 0 Å². The lowest BCUT2D eigenvalue weighted by atomic mass is 9.95. The molecule has 0 bridgehead atoms. The number of anilines is 1. The Morgan fingerprint density at radius 3 is 2.74 bits per heavy atom. The van der Waals surface area contributed by atoms with Crippen molar-refractivity contribution in [1.29, 1.82) is 5.26 Å². The number of hydrogen-bond donors (Lipinski definition) is 1. The number of halogens is 2. The fourth-order valence-electron chi connectivity index (χ4n) is 3.35. The second kappa shape index (κ2) is 10.2. The number of fused-ring (bicyclic) bond motifs is 1. The first kappa shape index (κ1) is 22.4. The van der Waals surface area contributed by atoms with Crippen molar-refractivity contribution < 1.29 is 27.8 Å². The van der Waals surface area contributed by atoms with E-state index in [1.165, 1.54) is 35.6 Å². The summed E-state index contributed by atoms with van der Waals surface area (Å²) in [7, 11) is 0. The first-order valence-corrected chi connectivity index (χ1v) is 10.5. The number of nitrogens with one attached hydrogen (secondary N) is 1. The van der Waals surface area contributed by atoms with E-state index in [0.29, 0.717) is 10.6 Å². The SMILES string of the molecule is CCOC(=O)c1c(NC(=O)/C(C#N)=C/c2ccccc2OC(F)F)sc2c1CCCC2. The van der Waals surface area contributed by atoms with E-state index < -0.39 is 18.5 Å². The van der Waals surface area contributed by atoms with Gasteiger partial charge in [0.25, 0.3) is 5.91 Å². The first-order chi connectivity index (χ1) is 14.9. The average molecular weight is 446 g/mol. The highest BCUT2D eigenvalue weighted by atomic mass is 32.1. The Morgan fingerprint density at radius 1 is 1.29 bits per heavy atom. The number of esters is 1. The molecule has 1 heterocycles. The Bertz CT molecular complexity index is 1060. The minimum Gasteiger partial charge on any atom is -0.462 e. The van der Waals surface area contributed by atoms with Gasteiger partial charge in [-0.25, -0.2) is 4.79 Å². The van der Waals surface area contributed by atoms with Crippen molar-refractivity contribution in [1.82, 2.24) is 0 Å². The Morgan fingerprint density at radius 2 is 2.03 bits per heavy atom. The molecule has 0 aliphatic heterocycles. The minimum atomic E-state index is -3.04. The van der Waals surface area contributed by atoms with E-state index in [2.05, 4.69) is 10.1 Å². The van der Waals surface area contributed by atoms with Gasteiger partial charge in [-0.3, -0.25) is 4.79 Å². The number of nitrogens with zero attached hydrogens (tertiary/aromatic N) is 1. The van der Waals surface area contributed by atoms with Gasteiger partial charge in [0.2, 0.25) is 0 Å². The molecule has 1 aliphatic carbocycles. The molecule has 2 aromatic rings. The van der Waals surface area contributed by atoms with Crippen molar-refractivity contribution in [2.24, 2.45) is 0 Å². The number of aryl methyl sites for hydroxylation is 1. The third-order valence-corrected chi connectivity index (χ3v) is 5.89. The van der Waals surface area contributed by atoms with E-state index >= 15 is 0 Å². The summed E-state index contributed by atoms with van der Waals surface area (Å²) in [6.07, 6.45) is 4.63. The number of alkyl halides is 2. The lowest BCUT2D eigenvalue weighted by molar-refractivity contribution is -0.112. The number of benzene rings is 1. The van der Waals surface area contributed by atoms with Gasteiger partial charge in [-0.05, 0) is 50.3 Å². The Balaban J connectivity index is 1.92. The highest BCUT2D eigenvalue weighted by Gasteiger charge is 2.27. The normalized spacial score (nSPS) is 13.3. The Hall–Kier alpha value is -3.25. The van der Waals surface area contributed by atoms with Crippen LogP contribution in [0.2, 0.25) is 0 Å². The van der Waals surface area contributed by atoms with Crippen LogP contribution >= 0.6 is 11.3 Å². The predicted molar refractivity (Wildman–Crippen MR) is 112 cm³/mol. The number of carbonyl (C=O) groups excluding carboxylic acids is 2. The smallest absolute Gasteiger partial charge is 0.387 e. The summed E-state index contributed by atoms with van der Waals surface area (Å²) in [6.45, 7) is -1.15. The zero-order valence-corrected chi connectivity index (χ0v) is 17.6. The first-order valence-electron chi connectivity index (χ1n) is 9.73. The van der Waals surface area contributed by atoms with Crippen LogP contribution in [0.15, 0.2) is 29.8 Å². The van der Waals surface area contributed by atoms with Gasteiger partial charge in [0, 0.05) is 10.4 Å². The summed E-state index contributed by atoms with van der Waals surface area (Å²) in [5, 5.41) is 12.4. The predicted octanol–water partition coefficient (Wildman–Crippen LogP) is 4.95. The lowest BCUT2D eigenvalue weighted by Crippen LogP contribution is -2.16. The van der Waals surface area contributed by atoms with Gasteiger partial charge in [-0.2, -0.15) is 14.0 Å². The van der Waals surface area contributed by atoms with Crippen LogP contribution in [0.25, 0.3) is 6.08 Å². The van der Waals surface area contributed by atoms with Crippen LogP contribution in [-0.4, -0.2) is 25.1 Å². The van der Waals surface area contributed by atoms with Crippen molar-refractivity contribution in [3.8, 4) is 11.8 Å². The maximum absolute atomic E-state index is 12.8. The van der Waals surface area contributed by atoms with E-state index in [-0.39, 0.29) is 23.5 Å². The summed E-state index contributed by atoms with van der Waals surface area (Å²) < 4.78 is 34.9. The van der Waals surface area contributed by atoms with Crippen LogP contribution in [0.5, 0.6) is 5.75 Å². The zero-order valence-electron chi connectivity index (χ0n) is 16.7. The van der Waals surface area contributed by atoms with Crippen LogP contribution in [0.4, 0.5) is 13.8 Å². The molecule has 0 radical (unpaired) electrons. The minimum absolute atomic E-state index is 0.156. The summed E-state index contributed by atoms with van der Waals surface area (Å²) in [5.41, 5.74) is 1.05. The molecule has 0 atom stereocenters. The lowest BCUT2D eigenvalue weighted by Gasteiger charge is -2.12. The van der Waals surface area contributed by atoms with E-state index in [0.717, 1.165) is 36.1 Å². The van der Waals surface area contributed by atoms with Crippen LogP contribution in [0.1, 0.15) is 46.1 Å². The number of hydrogen-bond acceptors (Lipinski definition) is 6. The third kappa shape index (κ3) is 5.27. The second-order valence-electron chi connectivity index (χ2n) is 6.68. The summed E-state index contributed by atoms with van der Waals surface area (Å²) in [4.78, 5) is 26.3.